The van der Waals surface area contributed by atoms with Crippen LogP contribution in [-0.4, -0.2) is 37.0 Å². The lowest BCUT2D eigenvalue weighted by Gasteiger charge is -2.19. The Balaban J connectivity index is 1.85. The highest BCUT2D eigenvalue weighted by atomic mass is 16.2. The largest absolute Gasteiger partial charge is 0.341 e. The van der Waals surface area contributed by atoms with Crippen molar-refractivity contribution in [3.05, 3.63) is 42.0 Å². The Kier molecular flexibility index (Phi) is 4.53. The summed E-state index contributed by atoms with van der Waals surface area (Å²) in [5, 5.41) is 3.40. The average molecular weight is 244 g/mol. The fourth-order valence-corrected chi connectivity index (χ4v) is 2.19. The number of hydrogen-bond acceptors (Lipinski definition) is 2. The van der Waals surface area contributed by atoms with Crippen LogP contribution in [0.1, 0.15) is 18.4 Å². The van der Waals surface area contributed by atoms with Crippen LogP contribution in [0.25, 0.3) is 6.08 Å². The molecule has 0 aliphatic carbocycles. The van der Waals surface area contributed by atoms with Crippen LogP contribution in [0.5, 0.6) is 0 Å². The van der Waals surface area contributed by atoms with Gasteiger partial charge in [0, 0.05) is 25.7 Å². The maximum atomic E-state index is 11.9. The van der Waals surface area contributed by atoms with Crippen molar-refractivity contribution in [3.63, 3.8) is 0 Å². The van der Waals surface area contributed by atoms with Gasteiger partial charge in [0.05, 0.1) is 0 Å². The molecule has 1 aliphatic heterocycles. The monoisotopic (exact) mass is 244 g/mol. The third-order valence-corrected chi connectivity index (χ3v) is 3.25. The summed E-state index contributed by atoms with van der Waals surface area (Å²) in [6.45, 7) is 1.87. The fraction of sp³-hybridized carbons (Fsp3) is 0.400. The van der Waals surface area contributed by atoms with Crippen LogP contribution in [0.15, 0.2) is 36.4 Å². The van der Waals surface area contributed by atoms with E-state index in [4.69, 9.17) is 0 Å². The zero-order chi connectivity index (χ0) is 12.8. The predicted molar refractivity (Wildman–Crippen MR) is 74.1 cm³/mol. The fourth-order valence-electron chi connectivity index (χ4n) is 2.19. The second kappa shape index (κ2) is 6.36. The third-order valence-electron chi connectivity index (χ3n) is 3.25. The normalized spacial score (nSPS) is 19.3. The minimum atomic E-state index is 0.0625. The molecule has 1 atom stereocenters. The quantitative estimate of drug-likeness (QED) is 0.821. The van der Waals surface area contributed by atoms with Gasteiger partial charge in [-0.1, -0.05) is 30.3 Å². The average Bonchev–Trinajstić information content (AvgIpc) is 2.90. The zero-order valence-electron chi connectivity index (χ0n) is 10.8. The minimum absolute atomic E-state index is 0.0625. The predicted octanol–water partition coefficient (Wildman–Crippen LogP) is 1.91. The molecule has 96 valence electrons. The van der Waals surface area contributed by atoms with Crippen molar-refractivity contribution in [2.75, 3.05) is 20.1 Å². The first-order valence-corrected chi connectivity index (χ1v) is 6.47. The van der Waals surface area contributed by atoms with Gasteiger partial charge in [-0.2, -0.15) is 0 Å². The van der Waals surface area contributed by atoms with E-state index in [1.807, 2.05) is 43.5 Å². The van der Waals surface area contributed by atoms with Gasteiger partial charge in [-0.05, 0) is 31.0 Å². The first-order chi connectivity index (χ1) is 8.75. The Morgan fingerprint density at radius 3 is 2.89 bits per heavy atom. The molecule has 1 aromatic carbocycles. The van der Waals surface area contributed by atoms with E-state index in [0.29, 0.717) is 6.04 Å². The molecular weight excluding hydrogens is 224 g/mol. The maximum Gasteiger partial charge on any atom is 0.246 e. The molecule has 0 spiro atoms. The van der Waals surface area contributed by atoms with Gasteiger partial charge in [-0.15, -0.1) is 0 Å². The Labute approximate surface area is 108 Å². The topological polar surface area (TPSA) is 32.3 Å². The summed E-state index contributed by atoms with van der Waals surface area (Å²) in [4.78, 5) is 13.7. The lowest BCUT2D eigenvalue weighted by molar-refractivity contribution is -0.125. The summed E-state index contributed by atoms with van der Waals surface area (Å²) in [5.41, 5.74) is 1.05. The maximum absolute atomic E-state index is 11.9. The molecule has 0 bridgehead atoms. The number of amides is 1. The van der Waals surface area contributed by atoms with Crippen LogP contribution < -0.4 is 5.32 Å². The molecule has 3 nitrogen and oxygen atoms in total. The molecule has 2 rings (SSSR count). The standard InChI is InChI=1S/C15H20N2O/c1-17(12-14-8-5-11-16-14)15(18)10-9-13-6-3-2-4-7-13/h2-4,6-7,9-10,14,16H,5,8,11-12H2,1H3/b10-9+. The molecule has 1 aliphatic rings. The first-order valence-electron chi connectivity index (χ1n) is 6.47. The second-order valence-corrected chi connectivity index (χ2v) is 4.76. The molecule has 1 heterocycles. The van der Waals surface area contributed by atoms with Crippen LogP contribution in [0.2, 0.25) is 0 Å². The molecule has 1 N–H and O–H groups in total. The van der Waals surface area contributed by atoms with E-state index in [9.17, 15) is 4.79 Å². The van der Waals surface area contributed by atoms with Gasteiger partial charge in [0.1, 0.15) is 0 Å². The van der Waals surface area contributed by atoms with E-state index >= 15 is 0 Å². The number of benzene rings is 1. The lowest BCUT2D eigenvalue weighted by atomic mass is 10.2. The van der Waals surface area contributed by atoms with Gasteiger partial charge in [-0.3, -0.25) is 4.79 Å². The number of rotatable bonds is 4. The summed E-state index contributed by atoms with van der Waals surface area (Å²) in [5.74, 6) is 0.0625. The number of hydrogen-bond donors (Lipinski definition) is 1. The molecule has 18 heavy (non-hydrogen) atoms. The van der Waals surface area contributed by atoms with E-state index in [-0.39, 0.29) is 5.91 Å². The Morgan fingerprint density at radius 2 is 2.22 bits per heavy atom. The van der Waals surface area contributed by atoms with Crippen molar-refractivity contribution in [1.82, 2.24) is 10.2 Å². The summed E-state index contributed by atoms with van der Waals surface area (Å²) < 4.78 is 0. The molecule has 1 fully saturated rings. The van der Waals surface area contributed by atoms with Gasteiger partial charge in [0.15, 0.2) is 0 Å². The SMILES string of the molecule is CN(CC1CCCN1)C(=O)/C=C/c1ccccc1. The molecule has 1 aromatic rings. The van der Waals surface area contributed by atoms with Crippen molar-refractivity contribution in [3.8, 4) is 0 Å². The highest BCUT2D eigenvalue weighted by Gasteiger charge is 2.17. The van der Waals surface area contributed by atoms with Crippen LogP contribution in [0.4, 0.5) is 0 Å². The van der Waals surface area contributed by atoms with E-state index < -0.39 is 0 Å². The number of likely N-dealkylation sites (N-methyl/N-ethyl adjacent to an activating group) is 1. The van der Waals surface area contributed by atoms with Gasteiger partial charge >= 0.3 is 0 Å². The van der Waals surface area contributed by atoms with Crippen molar-refractivity contribution < 1.29 is 4.79 Å². The Bertz CT molecular complexity index is 408. The highest BCUT2D eigenvalue weighted by molar-refractivity contribution is 5.91. The van der Waals surface area contributed by atoms with Crippen LogP contribution in [0.3, 0.4) is 0 Å². The summed E-state index contributed by atoms with van der Waals surface area (Å²) >= 11 is 0. The van der Waals surface area contributed by atoms with Crippen LogP contribution in [-0.2, 0) is 4.79 Å². The zero-order valence-corrected chi connectivity index (χ0v) is 10.8. The summed E-state index contributed by atoms with van der Waals surface area (Å²) in [7, 11) is 1.86. The summed E-state index contributed by atoms with van der Waals surface area (Å²) in [6.07, 6.45) is 5.89. The molecule has 0 aromatic heterocycles. The van der Waals surface area contributed by atoms with Gasteiger partial charge in [0.2, 0.25) is 5.91 Å². The van der Waals surface area contributed by atoms with E-state index in [1.54, 1.807) is 11.0 Å². The number of nitrogens with one attached hydrogen (secondary N) is 1. The lowest BCUT2D eigenvalue weighted by Crippen LogP contribution is -2.37. The van der Waals surface area contributed by atoms with Crippen LogP contribution >= 0.6 is 0 Å². The second-order valence-electron chi connectivity index (χ2n) is 4.76. The minimum Gasteiger partial charge on any atom is -0.341 e. The van der Waals surface area contributed by atoms with Crippen molar-refractivity contribution in [2.45, 2.75) is 18.9 Å². The van der Waals surface area contributed by atoms with E-state index in [0.717, 1.165) is 18.7 Å². The van der Waals surface area contributed by atoms with Gasteiger partial charge < -0.3 is 10.2 Å². The molecule has 1 saturated heterocycles. The molecule has 3 heteroatoms. The van der Waals surface area contributed by atoms with Gasteiger partial charge in [0.25, 0.3) is 0 Å². The van der Waals surface area contributed by atoms with E-state index in [1.165, 1.54) is 12.8 Å². The third kappa shape index (κ3) is 3.70. The van der Waals surface area contributed by atoms with Crippen molar-refractivity contribution in [1.29, 1.82) is 0 Å². The Hall–Kier alpha value is -1.61. The van der Waals surface area contributed by atoms with Crippen molar-refractivity contribution >= 4 is 12.0 Å². The summed E-state index contributed by atoms with van der Waals surface area (Å²) in [6, 6.07) is 10.3. The molecule has 0 saturated carbocycles. The number of nitrogens with zero attached hydrogens (tertiary/aromatic N) is 1. The first kappa shape index (κ1) is 12.8. The van der Waals surface area contributed by atoms with Gasteiger partial charge in [-0.25, -0.2) is 0 Å². The van der Waals surface area contributed by atoms with Crippen molar-refractivity contribution in [2.24, 2.45) is 0 Å². The van der Waals surface area contributed by atoms with E-state index in [2.05, 4.69) is 5.32 Å². The molecular formula is C15H20N2O. The number of carbonyl (C=O) groups excluding carboxylic acids is 1. The molecule has 1 amide bonds. The molecule has 0 radical (unpaired) electrons. The molecule has 1 unspecified atom stereocenters. The van der Waals surface area contributed by atoms with Crippen LogP contribution in [0, 0.1) is 0 Å². The number of carbonyl (C=O) groups is 1. The Morgan fingerprint density at radius 1 is 1.44 bits per heavy atom. The smallest absolute Gasteiger partial charge is 0.246 e. The highest BCUT2D eigenvalue weighted by Crippen LogP contribution is 2.07.